The van der Waals surface area contributed by atoms with E-state index >= 15 is 0 Å². The van der Waals surface area contributed by atoms with Crippen molar-refractivity contribution >= 4 is 0 Å². The molecule has 0 atom stereocenters. The summed E-state index contributed by atoms with van der Waals surface area (Å²) in [5.74, 6) is 1.47. The Bertz CT molecular complexity index is 748. The molecule has 3 rings (SSSR count). The molecule has 0 radical (unpaired) electrons. The van der Waals surface area contributed by atoms with Crippen LogP contribution in [0.3, 0.4) is 0 Å². The summed E-state index contributed by atoms with van der Waals surface area (Å²) < 4.78 is 11.2. The van der Waals surface area contributed by atoms with Crippen molar-refractivity contribution in [1.29, 1.82) is 5.26 Å². The van der Waals surface area contributed by atoms with Crippen LogP contribution in [0.4, 0.5) is 0 Å². The van der Waals surface area contributed by atoms with E-state index in [2.05, 4.69) is 47.8 Å². The van der Waals surface area contributed by atoms with E-state index < -0.39 is 0 Å². The fourth-order valence-corrected chi connectivity index (χ4v) is 3.23. The molecule has 1 fully saturated rings. The highest BCUT2D eigenvalue weighted by atomic mass is 16.5. The summed E-state index contributed by atoms with van der Waals surface area (Å²) in [6.07, 6.45) is 3.73. The molecule has 1 aliphatic rings. The molecule has 0 amide bonds. The molecule has 4 nitrogen and oxygen atoms in total. The van der Waals surface area contributed by atoms with E-state index in [1.165, 1.54) is 24.0 Å². The minimum absolute atomic E-state index is 0.310. The van der Waals surface area contributed by atoms with Crippen molar-refractivity contribution in [3.05, 3.63) is 59.7 Å². The van der Waals surface area contributed by atoms with Gasteiger partial charge in [0.05, 0.1) is 19.8 Å². The van der Waals surface area contributed by atoms with Gasteiger partial charge in [-0.3, -0.25) is 0 Å². The molecule has 0 unspecified atom stereocenters. The molecular weight excluding hydrogens is 324 g/mol. The SMILES string of the molecule is COc1ccc(CNCC2(c3ccccc3)CC2)cc1OCCCC#N. The van der Waals surface area contributed by atoms with Crippen molar-refractivity contribution in [2.75, 3.05) is 20.3 Å². The normalized spacial score (nSPS) is 14.5. The van der Waals surface area contributed by atoms with Gasteiger partial charge in [0.2, 0.25) is 0 Å². The van der Waals surface area contributed by atoms with Crippen LogP contribution < -0.4 is 14.8 Å². The van der Waals surface area contributed by atoms with Crippen LogP contribution in [0.15, 0.2) is 48.5 Å². The van der Waals surface area contributed by atoms with Gasteiger partial charge in [-0.25, -0.2) is 0 Å². The number of nitriles is 1. The van der Waals surface area contributed by atoms with Crippen LogP contribution in [0.1, 0.15) is 36.8 Å². The first-order valence-electron chi connectivity index (χ1n) is 9.20. The van der Waals surface area contributed by atoms with E-state index in [9.17, 15) is 0 Å². The minimum Gasteiger partial charge on any atom is -0.493 e. The van der Waals surface area contributed by atoms with Crippen LogP contribution in [0, 0.1) is 11.3 Å². The van der Waals surface area contributed by atoms with E-state index in [-0.39, 0.29) is 0 Å². The number of nitrogens with zero attached hydrogens (tertiary/aromatic N) is 1. The second kappa shape index (κ2) is 8.73. The van der Waals surface area contributed by atoms with Gasteiger partial charge in [-0.15, -0.1) is 0 Å². The van der Waals surface area contributed by atoms with E-state index in [4.69, 9.17) is 14.7 Å². The number of hydrogen-bond donors (Lipinski definition) is 1. The van der Waals surface area contributed by atoms with E-state index in [0.717, 1.165) is 31.0 Å². The van der Waals surface area contributed by atoms with Crippen LogP contribution in [0.2, 0.25) is 0 Å². The number of methoxy groups -OCH3 is 1. The summed E-state index contributed by atoms with van der Waals surface area (Å²) in [6.45, 7) is 2.31. The second-order valence-electron chi connectivity index (χ2n) is 6.85. The average molecular weight is 350 g/mol. The molecule has 0 spiro atoms. The van der Waals surface area contributed by atoms with Crippen molar-refractivity contribution in [2.24, 2.45) is 0 Å². The Kier molecular flexibility index (Phi) is 6.14. The zero-order chi connectivity index (χ0) is 18.2. The summed E-state index contributed by atoms with van der Waals surface area (Å²) in [4.78, 5) is 0. The van der Waals surface area contributed by atoms with Crippen LogP contribution >= 0.6 is 0 Å². The number of unbranched alkanes of at least 4 members (excludes halogenated alkanes) is 1. The summed E-state index contributed by atoms with van der Waals surface area (Å²) in [5, 5.41) is 12.2. The smallest absolute Gasteiger partial charge is 0.161 e. The highest BCUT2D eigenvalue weighted by Gasteiger charge is 2.43. The molecule has 0 saturated heterocycles. The molecule has 1 N–H and O–H groups in total. The van der Waals surface area contributed by atoms with Crippen LogP contribution in [0.5, 0.6) is 11.5 Å². The van der Waals surface area contributed by atoms with Crippen molar-refractivity contribution < 1.29 is 9.47 Å². The maximum Gasteiger partial charge on any atom is 0.161 e. The number of hydrogen-bond acceptors (Lipinski definition) is 4. The topological polar surface area (TPSA) is 54.3 Å². The van der Waals surface area contributed by atoms with E-state index in [1.807, 2.05) is 12.1 Å². The lowest BCUT2D eigenvalue weighted by Gasteiger charge is -2.17. The lowest BCUT2D eigenvalue weighted by Crippen LogP contribution is -2.26. The highest BCUT2D eigenvalue weighted by molar-refractivity contribution is 5.43. The largest absolute Gasteiger partial charge is 0.493 e. The van der Waals surface area contributed by atoms with Crippen LogP contribution in [0.25, 0.3) is 0 Å². The quantitative estimate of drug-likeness (QED) is 0.653. The van der Waals surface area contributed by atoms with Gasteiger partial charge in [0, 0.05) is 24.9 Å². The Morgan fingerprint density at radius 3 is 2.62 bits per heavy atom. The third-order valence-electron chi connectivity index (χ3n) is 4.95. The maximum absolute atomic E-state index is 8.62. The Hall–Kier alpha value is -2.51. The first-order chi connectivity index (χ1) is 12.8. The molecule has 0 aromatic heterocycles. The Balaban J connectivity index is 1.55. The fraction of sp³-hybridized carbons (Fsp3) is 0.409. The minimum atomic E-state index is 0.310. The monoisotopic (exact) mass is 350 g/mol. The molecule has 4 heteroatoms. The van der Waals surface area contributed by atoms with Gasteiger partial charge in [-0.2, -0.15) is 5.26 Å². The Morgan fingerprint density at radius 2 is 1.92 bits per heavy atom. The number of nitrogens with one attached hydrogen (secondary N) is 1. The van der Waals surface area contributed by atoms with E-state index in [0.29, 0.717) is 18.4 Å². The zero-order valence-corrected chi connectivity index (χ0v) is 15.3. The van der Waals surface area contributed by atoms with Gasteiger partial charge in [0.25, 0.3) is 0 Å². The molecule has 2 aromatic carbocycles. The third-order valence-corrected chi connectivity index (χ3v) is 4.95. The summed E-state index contributed by atoms with van der Waals surface area (Å²) in [7, 11) is 1.64. The van der Waals surface area contributed by atoms with Crippen LogP contribution in [-0.2, 0) is 12.0 Å². The van der Waals surface area contributed by atoms with Gasteiger partial charge in [0.1, 0.15) is 0 Å². The predicted molar refractivity (Wildman–Crippen MR) is 102 cm³/mol. The molecule has 2 aromatic rings. The molecule has 1 aliphatic carbocycles. The van der Waals surface area contributed by atoms with Gasteiger partial charge in [-0.1, -0.05) is 36.4 Å². The predicted octanol–water partition coefficient (Wildman–Crippen LogP) is 4.20. The maximum atomic E-state index is 8.62. The van der Waals surface area contributed by atoms with Crippen molar-refractivity contribution in [3.63, 3.8) is 0 Å². The highest BCUT2D eigenvalue weighted by Crippen LogP contribution is 2.47. The standard InChI is InChI=1S/C22H26N2O2/c1-25-20-10-9-18(15-21(20)26-14-6-5-13-23)16-24-17-22(11-12-22)19-7-3-2-4-8-19/h2-4,7-10,15,24H,5-6,11-12,14,16-17H2,1H3. The molecule has 26 heavy (non-hydrogen) atoms. The van der Waals surface area contributed by atoms with Gasteiger partial charge >= 0.3 is 0 Å². The second-order valence-corrected chi connectivity index (χ2v) is 6.85. The lowest BCUT2D eigenvalue weighted by atomic mass is 9.96. The zero-order valence-electron chi connectivity index (χ0n) is 15.3. The summed E-state index contributed by atoms with van der Waals surface area (Å²) in [6, 6.07) is 18.9. The average Bonchev–Trinajstić information content (AvgIpc) is 3.47. The van der Waals surface area contributed by atoms with Crippen molar-refractivity contribution in [1.82, 2.24) is 5.32 Å². The number of benzene rings is 2. The molecule has 0 bridgehead atoms. The number of ether oxygens (including phenoxy) is 2. The first kappa shape index (κ1) is 18.3. The Morgan fingerprint density at radius 1 is 1.12 bits per heavy atom. The Labute approximate surface area is 155 Å². The van der Waals surface area contributed by atoms with E-state index in [1.54, 1.807) is 7.11 Å². The van der Waals surface area contributed by atoms with Crippen LogP contribution in [-0.4, -0.2) is 20.3 Å². The molecular formula is C22H26N2O2. The first-order valence-corrected chi connectivity index (χ1v) is 9.20. The van der Waals surface area contributed by atoms with Gasteiger partial charge in [-0.05, 0) is 42.5 Å². The molecule has 1 saturated carbocycles. The van der Waals surface area contributed by atoms with Gasteiger partial charge < -0.3 is 14.8 Å². The lowest BCUT2D eigenvalue weighted by molar-refractivity contribution is 0.290. The third kappa shape index (κ3) is 4.56. The van der Waals surface area contributed by atoms with Crippen molar-refractivity contribution in [2.45, 2.75) is 37.6 Å². The summed E-state index contributed by atoms with van der Waals surface area (Å²) in [5.41, 5.74) is 2.92. The fourth-order valence-electron chi connectivity index (χ4n) is 3.23. The molecule has 0 aliphatic heterocycles. The molecule has 136 valence electrons. The van der Waals surface area contributed by atoms with Gasteiger partial charge in [0.15, 0.2) is 11.5 Å². The molecule has 0 heterocycles. The number of rotatable bonds is 10. The van der Waals surface area contributed by atoms with Crippen molar-refractivity contribution in [3.8, 4) is 17.6 Å². The summed E-state index contributed by atoms with van der Waals surface area (Å²) >= 11 is 0.